The van der Waals surface area contributed by atoms with Crippen LogP contribution < -0.4 is 0 Å². The summed E-state index contributed by atoms with van der Waals surface area (Å²) in [5, 5.41) is 0. The van der Waals surface area contributed by atoms with E-state index >= 15 is 0 Å². The molecule has 0 radical (unpaired) electrons. The maximum atomic E-state index is 10.9. The van der Waals surface area contributed by atoms with Crippen LogP contribution >= 0.6 is 0 Å². The van der Waals surface area contributed by atoms with Gasteiger partial charge in [0.25, 0.3) is 0 Å². The van der Waals surface area contributed by atoms with Gasteiger partial charge in [-0.2, -0.15) is 0 Å². The van der Waals surface area contributed by atoms with Gasteiger partial charge >= 0.3 is 5.97 Å². The zero-order valence-electron chi connectivity index (χ0n) is 10.7. The minimum atomic E-state index is -0.876. The first-order valence-corrected chi connectivity index (χ1v) is 5.53. The summed E-state index contributed by atoms with van der Waals surface area (Å²) in [4.78, 5) is 13.1. The summed E-state index contributed by atoms with van der Waals surface area (Å²) >= 11 is 0. The van der Waals surface area contributed by atoms with Gasteiger partial charge in [-0.25, -0.2) is 0 Å². The summed E-state index contributed by atoms with van der Waals surface area (Å²) in [6, 6.07) is 0. The van der Waals surface area contributed by atoms with Crippen LogP contribution in [0.3, 0.4) is 0 Å². The van der Waals surface area contributed by atoms with E-state index in [9.17, 15) is 4.79 Å². The molecule has 3 heteroatoms. The Bertz CT molecular complexity index is 297. The van der Waals surface area contributed by atoms with E-state index in [0.29, 0.717) is 6.54 Å². The van der Waals surface area contributed by atoms with E-state index in [0.717, 1.165) is 13.1 Å². The van der Waals surface area contributed by atoms with Crippen LogP contribution in [0, 0.1) is 11.8 Å². The Morgan fingerprint density at radius 2 is 2.06 bits per heavy atom. The van der Waals surface area contributed by atoms with Gasteiger partial charge < -0.3 is 4.74 Å². The molecule has 0 aromatic carbocycles. The quantitative estimate of drug-likeness (QED) is 0.404. The van der Waals surface area contributed by atoms with Gasteiger partial charge in [-0.05, 0) is 32.0 Å². The standard InChI is InChI=1S/C13H21NO2/c1-6-13(5,16-12(4)15)10-9-11-14(7-2)8-3/h6H,1,7-8,11H2,2-5H3. The zero-order chi connectivity index (χ0) is 12.6. The van der Waals surface area contributed by atoms with Crippen molar-refractivity contribution in [2.75, 3.05) is 19.6 Å². The zero-order valence-corrected chi connectivity index (χ0v) is 10.7. The number of carbonyl (C=O) groups excluding carboxylic acids is 1. The number of nitrogens with zero attached hydrogens (tertiary/aromatic N) is 1. The molecule has 0 fully saturated rings. The summed E-state index contributed by atoms with van der Waals surface area (Å²) in [6.07, 6.45) is 1.55. The molecule has 1 atom stereocenters. The van der Waals surface area contributed by atoms with Gasteiger partial charge in [0.2, 0.25) is 0 Å². The van der Waals surface area contributed by atoms with E-state index < -0.39 is 5.60 Å². The molecule has 90 valence electrons. The molecule has 0 aliphatic heterocycles. The highest BCUT2D eigenvalue weighted by Crippen LogP contribution is 2.10. The van der Waals surface area contributed by atoms with E-state index in [-0.39, 0.29) is 5.97 Å². The second kappa shape index (κ2) is 7.08. The van der Waals surface area contributed by atoms with Gasteiger partial charge in [-0.15, -0.1) is 0 Å². The Hall–Kier alpha value is -1.27. The summed E-state index contributed by atoms with van der Waals surface area (Å²) in [6.45, 7) is 13.5. The fourth-order valence-corrected chi connectivity index (χ4v) is 1.19. The van der Waals surface area contributed by atoms with Gasteiger partial charge in [0.15, 0.2) is 5.60 Å². The molecule has 0 aromatic rings. The average molecular weight is 223 g/mol. The van der Waals surface area contributed by atoms with Crippen LogP contribution in [0.15, 0.2) is 12.7 Å². The number of hydrogen-bond acceptors (Lipinski definition) is 3. The molecule has 0 N–H and O–H groups in total. The Morgan fingerprint density at radius 1 is 1.50 bits per heavy atom. The van der Waals surface area contributed by atoms with Gasteiger partial charge in [0, 0.05) is 6.92 Å². The summed E-state index contributed by atoms with van der Waals surface area (Å²) in [7, 11) is 0. The second-order valence-electron chi connectivity index (χ2n) is 3.67. The highest BCUT2D eigenvalue weighted by molar-refractivity contribution is 5.67. The third-order valence-electron chi connectivity index (χ3n) is 2.28. The first-order chi connectivity index (χ1) is 7.47. The molecule has 0 amide bonds. The van der Waals surface area contributed by atoms with E-state index in [1.807, 2.05) is 0 Å². The van der Waals surface area contributed by atoms with Crippen molar-refractivity contribution in [2.45, 2.75) is 33.3 Å². The van der Waals surface area contributed by atoms with Gasteiger partial charge in [-0.1, -0.05) is 26.3 Å². The maximum absolute atomic E-state index is 10.9. The molecule has 1 unspecified atom stereocenters. The topological polar surface area (TPSA) is 29.5 Å². The van der Waals surface area contributed by atoms with Crippen molar-refractivity contribution < 1.29 is 9.53 Å². The monoisotopic (exact) mass is 223 g/mol. The van der Waals surface area contributed by atoms with Crippen LogP contribution in [0.2, 0.25) is 0 Å². The number of rotatable bonds is 5. The molecule has 16 heavy (non-hydrogen) atoms. The van der Waals surface area contributed by atoms with Crippen LogP contribution in [0.1, 0.15) is 27.7 Å². The molecular formula is C13H21NO2. The SMILES string of the molecule is C=CC(C)(C#CCN(CC)CC)OC(C)=O. The van der Waals surface area contributed by atoms with Gasteiger partial charge in [0.05, 0.1) is 6.54 Å². The molecule has 3 nitrogen and oxygen atoms in total. The molecule has 0 rings (SSSR count). The van der Waals surface area contributed by atoms with Crippen LogP contribution in [-0.2, 0) is 9.53 Å². The first-order valence-electron chi connectivity index (χ1n) is 5.53. The maximum Gasteiger partial charge on any atom is 0.304 e. The molecule has 0 heterocycles. The predicted octanol–water partition coefficient (Wildman–Crippen LogP) is 1.84. The molecular weight excluding hydrogens is 202 g/mol. The largest absolute Gasteiger partial charge is 0.443 e. The molecule has 0 saturated carbocycles. The molecule has 0 bridgehead atoms. The predicted molar refractivity (Wildman–Crippen MR) is 65.9 cm³/mol. The van der Waals surface area contributed by atoms with E-state index in [1.165, 1.54) is 6.92 Å². The lowest BCUT2D eigenvalue weighted by molar-refractivity contribution is -0.147. The van der Waals surface area contributed by atoms with Crippen molar-refractivity contribution >= 4 is 5.97 Å². The van der Waals surface area contributed by atoms with E-state index in [1.54, 1.807) is 13.0 Å². The summed E-state index contributed by atoms with van der Waals surface area (Å²) < 4.78 is 5.09. The molecule has 0 aliphatic rings. The normalized spacial score (nSPS) is 13.6. The number of carbonyl (C=O) groups is 1. The Kier molecular flexibility index (Phi) is 6.52. The Morgan fingerprint density at radius 3 is 2.44 bits per heavy atom. The highest BCUT2D eigenvalue weighted by Gasteiger charge is 2.19. The Balaban J connectivity index is 4.47. The average Bonchev–Trinajstić information content (AvgIpc) is 2.23. The van der Waals surface area contributed by atoms with Crippen LogP contribution in [0.4, 0.5) is 0 Å². The lowest BCUT2D eigenvalue weighted by atomic mass is 10.1. The van der Waals surface area contributed by atoms with Crippen molar-refractivity contribution in [3.63, 3.8) is 0 Å². The van der Waals surface area contributed by atoms with Crippen molar-refractivity contribution in [3.8, 4) is 11.8 Å². The molecule has 0 aromatic heterocycles. The minimum absolute atomic E-state index is 0.348. The van der Waals surface area contributed by atoms with Crippen LogP contribution in [0.5, 0.6) is 0 Å². The lowest BCUT2D eigenvalue weighted by Gasteiger charge is -2.19. The number of ether oxygens (including phenoxy) is 1. The summed E-state index contributed by atoms with van der Waals surface area (Å²) in [5.41, 5.74) is -0.876. The molecule has 0 spiro atoms. The molecule has 0 aliphatic carbocycles. The van der Waals surface area contributed by atoms with E-state index in [4.69, 9.17) is 4.74 Å². The van der Waals surface area contributed by atoms with Gasteiger partial charge in [0.1, 0.15) is 0 Å². The minimum Gasteiger partial charge on any atom is -0.443 e. The fraction of sp³-hybridized carbons (Fsp3) is 0.615. The van der Waals surface area contributed by atoms with Crippen molar-refractivity contribution in [3.05, 3.63) is 12.7 Å². The van der Waals surface area contributed by atoms with Crippen LogP contribution in [0.25, 0.3) is 0 Å². The first kappa shape index (κ1) is 14.7. The van der Waals surface area contributed by atoms with Crippen molar-refractivity contribution in [1.29, 1.82) is 0 Å². The number of hydrogen-bond donors (Lipinski definition) is 0. The van der Waals surface area contributed by atoms with Crippen LogP contribution in [-0.4, -0.2) is 36.1 Å². The van der Waals surface area contributed by atoms with Crippen molar-refractivity contribution in [1.82, 2.24) is 4.90 Å². The third kappa shape index (κ3) is 5.57. The summed E-state index contributed by atoms with van der Waals surface area (Å²) in [5.74, 6) is 5.59. The smallest absolute Gasteiger partial charge is 0.304 e. The highest BCUT2D eigenvalue weighted by atomic mass is 16.6. The third-order valence-corrected chi connectivity index (χ3v) is 2.28. The Labute approximate surface area is 98.5 Å². The lowest BCUT2D eigenvalue weighted by Crippen LogP contribution is -2.27. The van der Waals surface area contributed by atoms with E-state index in [2.05, 4.69) is 37.2 Å². The molecule has 0 saturated heterocycles. The van der Waals surface area contributed by atoms with Gasteiger partial charge in [-0.3, -0.25) is 9.69 Å². The number of esters is 1. The second-order valence-corrected chi connectivity index (χ2v) is 3.67. The van der Waals surface area contributed by atoms with Crippen molar-refractivity contribution in [2.24, 2.45) is 0 Å². The fourth-order valence-electron chi connectivity index (χ4n) is 1.19.